The van der Waals surface area contributed by atoms with Crippen LogP contribution in [0.25, 0.3) is 0 Å². The normalized spacial score (nSPS) is 19.9. The van der Waals surface area contributed by atoms with Crippen molar-refractivity contribution in [2.24, 2.45) is 15.1 Å². The predicted molar refractivity (Wildman–Crippen MR) is 95.3 cm³/mol. The second-order valence-corrected chi connectivity index (χ2v) is 5.39. The minimum atomic E-state index is -0.549. The fourth-order valence-electron chi connectivity index (χ4n) is 2.26. The molecule has 2 aliphatic heterocycles. The molecule has 2 aliphatic rings. The van der Waals surface area contributed by atoms with Crippen LogP contribution in [0.15, 0.2) is 69.0 Å². The van der Waals surface area contributed by atoms with Crippen LogP contribution in [0, 0.1) is 0 Å². The molecule has 0 N–H and O–H groups in total. The molecule has 8 nitrogen and oxygen atoms in total. The summed E-state index contributed by atoms with van der Waals surface area (Å²) in [5.74, 6) is -0.621. The number of benzene rings is 1. The monoisotopic (exact) mass is 352 g/mol. The molecule has 0 spiro atoms. The van der Waals surface area contributed by atoms with Gasteiger partial charge >= 0.3 is 12.0 Å². The number of carbonyl (C=O) groups excluding carboxylic acids is 2. The van der Waals surface area contributed by atoms with Gasteiger partial charge in [-0.15, -0.1) is 5.01 Å². The van der Waals surface area contributed by atoms with Crippen LogP contribution in [-0.2, 0) is 19.1 Å². The number of ether oxygens (including phenoxy) is 2. The Balaban J connectivity index is 1.89. The van der Waals surface area contributed by atoms with Crippen LogP contribution >= 0.6 is 0 Å². The largest absolute Gasteiger partial charge is 0.467 e. The molecule has 132 valence electrons. The van der Waals surface area contributed by atoms with E-state index in [2.05, 4.69) is 15.1 Å². The SMILES string of the molecule is COC1=N/C(=C\C=C2\N=C(c3ccccc3)OC2=O)C(C)=NN1C(C)=O. The Morgan fingerprint density at radius 3 is 2.50 bits per heavy atom. The number of aliphatic imine (C=N–C) groups is 2. The van der Waals surface area contributed by atoms with E-state index in [9.17, 15) is 9.59 Å². The molecule has 26 heavy (non-hydrogen) atoms. The van der Waals surface area contributed by atoms with Crippen molar-refractivity contribution in [1.82, 2.24) is 5.01 Å². The molecule has 8 heteroatoms. The quantitative estimate of drug-likeness (QED) is 0.601. The Labute approximate surface area is 149 Å². The molecular formula is C18H16N4O4. The number of nitrogens with zero attached hydrogens (tertiary/aromatic N) is 4. The average Bonchev–Trinajstić information content (AvgIpc) is 3.02. The Morgan fingerprint density at radius 1 is 1.15 bits per heavy atom. The van der Waals surface area contributed by atoms with Gasteiger partial charge in [-0.25, -0.2) is 9.79 Å². The number of rotatable bonds is 2. The fraction of sp³-hybridized carbons (Fsp3) is 0.167. The van der Waals surface area contributed by atoms with Gasteiger partial charge in [0, 0.05) is 12.5 Å². The number of hydrogen-bond acceptors (Lipinski definition) is 7. The van der Waals surface area contributed by atoms with Gasteiger partial charge in [-0.05, 0) is 31.2 Å². The summed E-state index contributed by atoms with van der Waals surface area (Å²) in [7, 11) is 1.39. The van der Waals surface area contributed by atoms with Gasteiger partial charge in [0.1, 0.15) is 0 Å². The Hall–Kier alpha value is -3.55. The third-order valence-electron chi connectivity index (χ3n) is 3.54. The van der Waals surface area contributed by atoms with Crippen LogP contribution in [0.1, 0.15) is 19.4 Å². The molecule has 0 unspecified atom stereocenters. The van der Waals surface area contributed by atoms with Gasteiger partial charge in [-0.2, -0.15) is 10.1 Å². The van der Waals surface area contributed by atoms with Crippen LogP contribution < -0.4 is 0 Å². The van der Waals surface area contributed by atoms with Crippen LogP contribution in [0.3, 0.4) is 0 Å². The van der Waals surface area contributed by atoms with Gasteiger partial charge < -0.3 is 9.47 Å². The standard InChI is InChI=1S/C18H16N4O4/c1-11-14(20-18(25-3)22(21-11)12(2)23)9-10-15-17(24)26-16(19-15)13-7-5-4-6-8-13/h4-10H,1-3H3/b14-9-,15-10+. The lowest BCUT2D eigenvalue weighted by molar-refractivity contribution is -0.130. The van der Waals surface area contributed by atoms with Gasteiger partial charge in [0.25, 0.3) is 0 Å². The topological polar surface area (TPSA) is 92.9 Å². The van der Waals surface area contributed by atoms with Gasteiger partial charge in [-0.1, -0.05) is 18.2 Å². The summed E-state index contributed by atoms with van der Waals surface area (Å²) in [5, 5.41) is 5.20. The zero-order valence-electron chi connectivity index (χ0n) is 14.5. The fourth-order valence-corrected chi connectivity index (χ4v) is 2.26. The third-order valence-corrected chi connectivity index (χ3v) is 3.54. The summed E-state index contributed by atoms with van der Waals surface area (Å²) in [5.41, 5.74) is 1.80. The molecule has 0 fully saturated rings. The highest BCUT2D eigenvalue weighted by atomic mass is 16.6. The van der Waals surface area contributed by atoms with Crippen molar-refractivity contribution in [1.29, 1.82) is 0 Å². The lowest BCUT2D eigenvalue weighted by atomic mass is 10.2. The second kappa shape index (κ2) is 7.14. The van der Waals surface area contributed by atoms with Crippen LogP contribution in [0.2, 0.25) is 0 Å². The molecule has 0 aliphatic carbocycles. The lowest BCUT2D eigenvalue weighted by Crippen LogP contribution is -2.35. The van der Waals surface area contributed by atoms with Gasteiger partial charge in [0.05, 0.1) is 18.5 Å². The van der Waals surface area contributed by atoms with Gasteiger partial charge in [-0.3, -0.25) is 4.79 Å². The smallest absolute Gasteiger partial charge is 0.363 e. The number of amides is 1. The number of hydrogen-bond donors (Lipinski definition) is 0. The zero-order chi connectivity index (χ0) is 18.7. The van der Waals surface area contributed by atoms with E-state index in [1.54, 1.807) is 25.1 Å². The van der Waals surface area contributed by atoms with E-state index in [4.69, 9.17) is 9.47 Å². The maximum atomic E-state index is 12.0. The van der Waals surface area contributed by atoms with E-state index in [-0.39, 0.29) is 23.5 Å². The highest BCUT2D eigenvalue weighted by molar-refractivity contribution is 6.11. The molecule has 0 saturated carbocycles. The molecule has 0 bridgehead atoms. The molecule has 1 amide bonds. The average molecular weight is 352 g/mol. The van der Waals surface area contributed by atoms with Gasteiger partial charge in [0.15, 0.2) is 5.70 Å². The summed E-state index contributed by atoms with van der Waals surface area (Å²) < 4.78 is 10.3. The summed E-state index contributed by atoms with van der Waals surface area (Å²) >= 11 is 0. The van der Waals surface area contributed by atoms with E-state index >= 15 is 0 Å². The molecule has 2 heterocycles. The Morgan fingerprint density at radius 2 is 1.85 bits per heavy atom. The minimum absolute atomic E-state index is 0.0511. The van der Waals surface area contributed by atoms with Crippen molar-refractivity contribution in [3.63, 3.8) is 0 Å². The minimum Gasteiger partial charge on any atom is -0.467 e. The summed E-state index contributed by atoms with van der Waals surface area (Å²) in [4.78, 5) is 32.0. The molecule has 3 rings (SSSR count). The maximum absolute atomic E-state index is 12.0. The van der Waals surface area contributed by atoms with Crippen molar-refractivity contribution in [3.05, 3.63) is 59.4 Å². The number of esters is 1. The molecule has 0 atom stereocenters. The van der Waals surface area contributed by atoms with Crippen LogP contribution in [-0.4, -0.2) is 41.6 Å². The van der Waals surface area contributed by atoms with Gasteiger partial charge in [0.2, 0.25) is 11.8 Å². The predicted octanol–water partition coefficient (Wildman–Crippen LogP) is 2.00. The molecule has 0 aromatic heterocycles. The van der Waals surface area contributed by atoms with Crippen molar-refractivity contribution >= 4 is 29.5 Å². The number of carbonyl (C=O) groups is 2. The number of hydrazone groups is 1. The van der Waals surface area contributed by atoms with Crippen LogP contribution in [0.5, 0.6) is 0 Å². The first kappa shape index (κ1) is 17.3. The molecular weight excluding hydrogens is 336 g/mol. The van der Waals surface area contributed by atoms with Crippen molar-refractivity contribution < 1.29 is 19.1 Å². The number of amidine groups is 1. The molecule has 1 aromatic rings. The highest BCUT2D eigenvalue weighted by Gasteiger charge is 2.25. The first-order chi connectivity index (χ1) is 12.5. The van der Waals surface area contributed by atoms with Crippen molar-refractivity contribution in [2.45, 2.75) is 13.8 Å². The van der Waals surface area contributed by atoms with E-state index in [0.717, 1.165) is 5.01 Å². The second-order valence-electron chi connectivity index (χ2n) is 5.39. The summed E-state index contributed by atoms with van der Waals surface area (Å²) in [6.45, 7) is 3.05. The van der Waals surface area contributed by atoms with E-state index in [1.165, 1.54) is 20.1 Å². The number of cyclic esters (lactones) is 1. The third kappa shape index (κ3) is 3.44. The molecule has 1 aromatic carbocycles. The Bertz CT molecular complexity index is 910. The lowest BCUT2D eigenvalue weighted by Gasteiger charge is -2.21. The highest BCUT2D eigenvalue weighted by Crippen LogP contribution is 2.18. The van der Waals surface area contributed by atoms with Crippen molar-refractivity contribution in [3.8, 4) is 0 Å². The zero-order valence-corrected chi connectivity index (χ0v) is 14.5. The first-order valence-electron chi connectivity index (χ1n) is 7.77. The van der Waals surface area contributed by atoms with E-state index < -0.39 is 5.97 Å². The molecule has 0 radical (unpaired) electrons. The first-order valence-corrected chi connectivity index (χ1v) is 7.77. The van der Waals surface area contributed by atoms with Crippen LogP contribution in [0.4, 0.5) is 0 Å². The summed E-state index contributed by atoms with van der Waals surface area (Å²) in [6, 6.07) is 9.18. The van der Waals surface area contributed by atoms with Crippen molar-refractivity contribution in [2.75, 3.05) is 7.11 Å². The maximum Gasteiger partial charge on any atom is 0.363 e. The van der Waals surface area contributed by atoms with E-state index in [0.29, 0.717) is 17.0 Å². The summed E-state index contributed by atoms with van der Waals surface area (Å²) in [6.07, 6.45) is 3.07. The number of methoxy groups -OCH3 is 1. The molecule has 0 saturated heterocycles. The van der Waals surface area contributed by atoms with E-state index in [1.807, 2.05) is 18.2 Å². The number of allylic oxidation sites excluding steroid dienone is 3. The Kier molecular flexibility index (Phi) is 4.74.